The van der Waals surface area contributed by atoms with Crippen molar-refractivity contribution < 1.29 is 4.79 Å². The fraction of sp³-hybridized carbons (Fsp3) is 0.190. The number of thiazole rings is 1. The smallest absolute Gasteiger partial charge is 0.252 e. The van der Waals surface area contributed by atoms with Crippen LogP contribution in [0.3, 0.4) is 0 Å². The summed E-state index contributed by atoms with van der Waals surface area (Å²) in [5.41, 5.74) is 3.65. The molecule has 0 fully saturated rings. The molecule has 0 atom stereocenters. The van der Waals surface area contributed by atoms with Crippen molar-refractivity contribution in [2.45, 2.75) is 20.3 Å². The van der Waals surface area contributed by atoms with Crippen molar-refractivity contribution in [3.63, 3.8) is 0 Å². The summed E-state index contributed by atoms with van der Waals surface area (Å²) in [6.07, 6.45) is 1.75. The molecule has 0 N–H and O–H groups in total. The van der Waals surface area contributed by atoms with Crippen LogP contribution in [0.2, 0.25) is 0 Å². The highest BCUT2D eigenvalue weighted by atomic mass is 32.1. The molecule has 3 aromatic heterocycles. The average Bonchev–Trinajstić information content (AvgIpc) is 3.34. The molecule has 1 amide bonds. The summed E-state index contributed by atoms with van der Waals surface area (Å²) in [4.78, 5) is 28.1. The number of amides is 1. The Labute approximate surface area is 172 Å². The number of hydrogen-bond acceptors (Lipinski definition) is 6. The van der Waals surface area contributed by atoms with Gasteiger partial charge in [-0.2, -0.15) is 4.98 Å². The number of hydrogen-bond donors (Lipinski definition) is 0. The van der Waals surface area contributed by atoms with Gasteiger partial charge in [-0.25, -0.2) is 14.5 Å². The molecule has 7 nitrogen and oxygen atoms in total. The molecule has 8 heteroatoms. The van der Waals surface area contributed by atoms with Gasteiger partial charge in [-0.1, -0.05) is 36.4 Å². The Morgan fingerprint density at radius 1 is 1.21 bits per heavy atom. The number of aromatic nitrogens is 5. The van der Waals surface area contributed by atoms with Gasteiger partial charge in [-0.3, -0.25) is 9.69 Å². The van der Waals surface area contributed by atoms with Crippen LogP contribution in [0.25, 0.3) is 17.0 Å². The van der Waals surface area contributed by atoms with Gasteiger partial charge in [0.15, 0.2) is 11.0 Å². The van der Waals surface area contributed by atoms with Crippen LogP contribution in [-0.4, -0.2) is 37.0 Å². The van der Waals surface area contributed by atoms with Crippen molar-refractivity contribution in [3.05, 3.63) is 71.6 Å². The van der Waals surface area contributed by atoms with Crippen molar-refractivity contribution in [2.24, 2.45) is 0 Å². The Morgan fingerprint density at radius 2 is 2.00 bits per heavy atom. The number of benzene rings is 1. The van der Waals surface area contributed by atoms with Crippen LogP contribution >= 0.6 is 11.3 Å². The molecule has 0 saturated heterocycles. The van der Waals surface area contributed by atoms with E-state index in [9.17, 15) is 4.79 Å². The molecule has 0 bridgehead atoms. The van der Waals surface area contributed by atoms with Crippen LogP contribution in [0, 0.1) is 13.8 Å². The molecule has 0 unspecified atom stereocenters. The second-order valence-electron chi connectivity index (χ2n) is 6.63. The predicted molar refractivity (Wildman–Crippen MR) is 114 cm³/mol. The van der Waals surface area contributed by atoms with E-state index >= 15 is 0 Å². The summed E-state index contributed by atoms with van der Waals surface area (Å²) in [6.45, 7) is 7.98. The van der Waals surface area contributed by atoms with Crippen molar-refractivity contribution >= 4 is 28.2 Å². The van der Waals surface area contributed by atoms with E-state index < -0.39 is 0 Å². The number of rotatable bonds is 6. The van der Waals surface area contributed by atoms with Crippen LogP contribution < -0.4 is 4.90 Å². The highest BCUT2D eigenvalue weighted by Gasteiger charge is 2.21. The molecule has 4 aromatic rings. The predicted octanol–water partition coefficient (Wildman–Crippen LogP) is 3.63. The van der Waals surface area contributed by atoms with E-state index in [1.165, 1.54) is 11.3 Å². The van der Waals surface area contributed by atoms with Gasteiger partial charge in [-0.15, -0.1) is 23.0 Å². The van der Waals surface area contributed by atoms with Crippen LogP contribution in [0.5, 0.6) is 0 Å². The number of carbonyl (C=O) groups is 1. The lowest BCUT2D eigenvalue weighted by molar-refractivity contribution is -0.118. The monoisotopic (exact) mass is 404 g/mol. The number of aryl methyl sites for hydroxylation is 2. The third-order valence-electron chi connectivity index (χ3n) is 4.38. The second kappa shape index (κ2) is 7.92. The highest BCUT2D eigenvalue weighted by Crippen LogP contribution is 2.27. The van der Waals surface area contributed by atoms with E-state index in [0.717, 1.165) is 22.6 Å². The van der Waals surface area contributed by atoms with E-state index in [1.54, 1.807) is 15.5 Å². The Bertz CT molecular complexity index is 1180. The molecule has 0 saturated carbocycles. The summed E-state index contributed by atoms with van der Waals surface area (Å²) in [5, 5.41) is 7.01. The largest absolute Gasteiger partial charge is 0.284 e. The molecule has 0 aliphatic heterocycles. The lowest BCUT2D eigenvalue weighted by Crippen LogP contribution is -2.32. The molecule has 4 rings (SSSR count). The summed E-state index contributed by atoms with van der Waals surface area (Å²) in [6, 6.07) is 11.8. The maximum atomic E-state index is 13.0. The fourth-order valence-electron chi connectivity index (χ4n) is 3.06. The van der Waals surface area contributed by atoms with Gasteiger partial charge >= 0.3 is 0 Å². The van der Waals surface area contributed by atoms with Gasteiger partial charge in [0.1, 0.15) is 0 Å². The Morgan fingerprint density at radius 3 is 2.76 bits per heavy atom. The Hall–Kier alpha value is -3.39. The summed E-state index contributed by atoms with van der Waals surface area (Å²) < 4.78 is 1.66. The number of carbonyl (C=O) groups excluding carboxylic acids is 1. The van der Waals surface area contributed by atoms with Gasteiger partial charge < -0.3 is 0 Å². The molecule has 0 radical (unpaired) electrons. The maximum absolute atomic E-state index is 13.0. The molecular weight excluding hydrogens is 384 g/mol. The number of nitrogens with zero attached hydrogens (tertiary/aromatic N) is 6. The lowest BCUT2D eigenvalue weighted by atomic mass is 10.2. The van der Waals surface area contributed by atoms with E-state index in [-0.39, 0.29) is 12.3 Å². The molecule has 0 aliphatic rings. The van der Waals surface area contributed by atoms with Crippen molar-refractivity contribution in [1.29, 1.82) is 0 Å². The van der Waals surface area contributed by atoms with E-state index in [2.05, 4.69) is 26.6 Å². The standard InChI is InChI=1S/C21H20N6OS/c1-4-10-26(21-23-17(13-29-21)16-8-6-5-7-9-16)19(28)12-18-24-20-22-14(2)11-15(3)27(20)25-18/h4-9,11,13H,1,10,12H2,2-3H3. The molecule has 0 spiro atoms. The quantitative estimate of drug-likeness (QED) is 0.459. The summed E-state index contributed by atoms with van der Waals surface area (Å²) in [5.74, 6) is 0.801. The summed E-state index contributed by atoms with van der Waals surface area (Å²) in [7, 11) is 0. The van der Waals surface area contributed by atoms with Crippen LogP contribution in [-0.2, 0) is 11.2 Å². The third kappa shape index (κ3) is 3.93. The van der Waals surface area contributed by atoms with Gasteiger partial charge in [0.25, 0.3) is 5.78 Å². The molecule has 3 heterocycles. The first-order valence-corrected chi connectivity index (χ1v) is 10.0. The Balaban J connectivity index is 1.59. The number of fused-ring (bicyclic) bond motifs is 1. The molecular formula is C21H20N6OS. The molecule has 0 aliphatic carbocycles. The highest BCUT2D eigenvalue weighted by molar-refractivity contribution is 7.14. The third-order valence-corrected chi connectivity index (χ3v) is 5.24. The molecule has 29 heavy (non-hydrogen) atoms. The van der Waals surface area contributed by atoms with E-state index in [1.807, 2.05) is 55.6 Å². The zero-order valence-corrected chi connectivity index (χ0v) is 17.1. The first kappa shape index (κ1) is 18.9. The molecule has 1 aromatic carbocycles. The second-order valence-corrected chi connectivity index (χ2v) is 7.47. The number of anilines is 1. The van der Waals surface area contributed by atoms with Gasteiger partial charge in [0, 0.05) is 28.9 Å². The Kier molecular flexibility index (Phi) is 5.18. The van der Waals surface area contributed by atoms with Crippen LogP contribution in [0.1, 0.15) is 17.2 Å². The van der Waals surface area contributed by atoms with Crippen molar-refractivity contribution in [2.75, 3.05) is 11.4 Å². The SMILES string of the molecule is C=CCN(C(=O)Cc1nc2nc(C)cc(C)n2n1)c1nc(-c2ccccc2)cs1. The van der Waals surface area contributed by atoms with Gasteiger partial charge in [-0.05, 0) is 19.9 Å². The minimum Gasteiger partial charge on any atom is -0.284 e. The zero-order valence-electron chi connectivity index (χ0n) is 16.2. The average molecular weight is 404 g/mol. The zero-order chi connectivity index (χ0) is 20.4. The first-order chi connectivity index (χ1) is 14.0. The van der Waals surface area contributed by atoms with E-state index in [4.69, 9.17) is 0 Å². The minimum absolute atomic E-state index is 0.0654. The van der Waals surface area contributed by atoms with E-state index in [0.29, 0.717) is 23.3 Å². The van der Waals surface area contributed by atoms with Crippen LogP contribution in [0.4, 0.5) is 5.13 Å². The normalized spacial score (nSPS) is 11.0. The maximum Gasteiger partial charge on any atom is 0.252 e. The fourth-order valence-corrected chi connectivity index (χ4v) is 3.92. The van der Waals surface area contributed by atoms with Crippen LogP contribution in [0.15, 0.2) is 54.4 Å². The van der Waals surface area contributed by atoms with Gasteiger partial charge in [0.2, 0.25) is 5.91 Å². The van der Waals surface area contributed by atoms with Crippen molar-refractivity contribution in [1.82, 2.24) is 24.6 Å². The van der Waals surface area contributed by atoms with Gasteiger partial charge in [0.05, 0.1) is 12.1 Å². The minimum atomic E-state index is -0.135. The topological polar surface area (TPSA) is 76.3 Å². The lowest BCUT2D eigenvalue weighted by Gasteiger charge is -2.17. The summed E-state index contributed by atoms with van der Waals surface area (Å²) >= 11 is 1.43. The molecule has 146 valence electrons. The van der Waals surface area contributed by atoms with Crippen molar-refractivity contribution in [3.8, 4) is 11.3 Å². The first-order valence-electron chi connectivity index (χ1n) is 9.17.